The first-order chi connectivity index (χ1) is 12.7. The maximum Gasteiger partial charge on any atom is 0.306 e. The number of esters is 1. The van der Waals surface area contributed by atoms with Crippen LogP contribution in [0.15, 0.2) is 30.3 Å². The normalized spacial score (nSPS) is 11.7. The summed E-state index contributed by atoms with van der Waals surface area (Å²) < 4.78 is 5.17. The summed E-state index contributed by atoms with van der Waals surface area (Å²) >= 11 is 0. The lowest BCUT2D eigenvalue weighted by Gasteiger charge is -2.12. The minimum atomic E-state index is -1.01. The van der Waals surface area contributed by atoms with Gasteiger partial charge in [0.1, 0.15) is 0 Å². The van der Waals surface area contributed by atoms with Gasteiger partial charge in [-0.2, -0.15) is 0 Å². The highest BCUT2D eigenvalue weighted by atomic mass is 16.5. The molecule has 0 unspecified atom stereocenters. The van der Waals surface area contributed by atoms with Crippen molar-refractivity contribution in [1.82, 2.24) is 4.98 Å². The molecule has 1 aromatic heterocycles. The van der Waals surface area contributed by atoms with Gasteiger partial charge < -0.3 is 9.72 Å². The Bertz CT molecular complexity index is 879. The molecule has 1 atom stereocenters. The van der Waals surface area contributed by atoms with E-state index in [1.54, 1.807) is 44.2 Å². The summed E-state index contributed by atoms with van der Waals surface area (Å²) in [6, 6.07) is 8.68. The summed E-state index contributed by atoms with van der Waals surface area (Å²) in [7, 11) is 0. The van der Waals surface area contributed by atoms with Crippen LogP contribution in [-0.2, 0) is 9.53 Å². The van der Waals surface area contributed by atoms with E-state index in [0.29, 0.717) is 22.4 Å². The van der Waals surface area contributed by atoms with Gasteiger partial charge in [0.2, 0.25) is 5.78 Å². The first-order valence-electron chi connectivity index (χ1n) is 8.74. The molecule has 1 heterocycles. The SMILES string of the molecule is CC(=O)c1c(C)[nH]c(C(=O)[C@H](C)OC(=O)CCC(=O)c2ccccc2)c1C. The molecule has 2 aromatic rings. The molecule has 0 amide bonds. The zero-order valence-electron chi connectivity index (χ0n) is 15.9. The van der Waals surface area contributed by atoms with E-state index >= 15 is 0 Å². The van der Waals surface area contributed by atoms with Gasteiger partial charge in [-0.05, 0) is 33.3 Å². The molecule has 0 saturated carbocycles. The first kappa shape index (κ1) is 20.3. The highest BCUT2D eigenvalue weighted by Crippen LogP contribution is 2.20. The molecule has 27 heavy (non-hydrogen) atoms. The standard InChI is InChI=1S/C21H23NO5/c1-12-19(14(3)23)13(2)22-20(12)21(26)15(4)27-18(25)11-10-17(24)16-8-6-5-7-9-16/h5-9,15,22H,10-11H2,1-4H3/t15-/m0/s1. The Morgan fingerprint density at radius 2 is 1.67 bits per heavy atom. The van der Waals surface area contributed by atoms with Crippen molar-refractivity contribution in [3.8, 4) is 0 Å². The zero-order chi connectivity index (χ0) is 20.1. The number of carbonyl (C=O) groups excluding carboxylic acids is 4. The molecule has 0 fully saturated rings. The third-order valence-electron chi connectivity index (χ3n) is 4.37. The van der Waals surface area contributed by atoms with E-state index in [1.165, 1.54) is 13.8 Å². The number of aryl methyl sites for hydroxylation is 1. The van der Waals surface area contributed by atoms with Crippen molar-refractivity contribution in [2.24, 2.45) is 0 Å². The Labute approximate surface area is 157 Å². The topological polar surface area (TPSA) is 93.3 Å². The van der Waals surface area contributed by atoms with Gasteiger partial charge in [0.15, 0.2) is 17.7 Å². The minimum absolute atomic E-state index is 0.0128. The maximum absolute atomic E-state index is 12.6. The summed E-state index contributed by atoms with van der Waals surface area (Å²) in [6.45, 7) is 6.31. The highest BCUT2D eigenvalue weighted by Gasteiger charge is 2.26. The van der Waals surface area contributed by atoms with Crippen molar-refractivity contribution in [2.75, 3.05) is 0 Å². The summed E-state index contributed by atoms with van der Waals surface area (Å²) in [5.41, 5.74) is 2.43. The summed E-state index contributed by atoms with van der Waals surface area (Å²) in [5, 5.41) is 0. The van der Waals surface area contributed by atoms with E-state index < -0.39 is 17.9 Å². The van der Waals surface area contributed by atoms with Crippen molar-refractivity contribution in [2.45, 2.75) is 46.6 Å². The molecule has 6 nitrogen and oxygen atoms in total. The number of H-pyrrole nitrogens is 1. The summed E-state index contributed by atoms with van der Waals surface area (Å²) in [5.74, 6) is -1.32. The Morgan fingerprint density at radius 3 is 2.22 bits per heavy atom. The van der Waals surface area contributed by atoms with Crippen molar-refractivity contribution in [3.05, 3.63) is 58.4 Å². The monoisotopic (exact) mass is 369 g/mol. The third kappa shape index (κ3) is 4.78. The van der Waals surface area contributed by atoms with Gasteiger partial charge in [-0.1, -0.05) is 30.3 Å². The number of ether oxygens (including phenoxy) is 1. The summed E-state index contributed by atoms with van der Waals surface area (Å²) in [4.78, 5) is 51.2. The molecule has 1 N–H and O–H groups in total. The number of Topliss-reactive ketones (excluding diaryl/α,β-unsaturated/α-hetero) is 3. The summed E-state index contributed by atoms with van der Waals surface area (Å²) in [6.07, 6.45) is -1.10. The third-order valence-corrected chi connectivity index (χ3v) is 4.37. The van der Waals surface area contributed by atoms with E-state index in [2.05, 4.69) is 4.98 Å². The fourth-order valence-electron chi connectivity index (χ4n) is 3.02. The highest BCUT2D eigenvalue weighted by molar-refractivity contribution is 6.05. The van der Waals surface area contributed by atoms with Crippen LogP contribution in [0.3, 0.4) is 0 Å². The fraction of sp³-hybridized carbons (Fsp3) is 0.333. The first-order valence-corrected chi connectivity index (χ1v) is 8.74. The van der Waals surface area contributed by atoms with E-state index in [0.717, 1.165) is 0 Å². The average molecular weight is 369 g/mol. The smallest absolute Gasteiger partial charge is 0.306 e. The van der Waals surface area contributed by atoms with Gasteiger partial charge in [-0.25, -0.2) is 0 Å². The Kier molecular flexibility index (Phi) is 6.45. The van der Waals surface area contributed by atoms with Gasteiger partial charge in [0.05, 0.1) is 12.1 Å². The predicted molar refractivity (Wildman–Crippen MR) is 100 cm³/mol. The Morgan fingerprint density at radius 1 is 1.04 bits per heavy atom. The second kappa shape index (κ2) is 8.58. The van der Waals surface area contributed by atoms with Crippen LogP contribution in [0, 0.1) is 13.8 Å². The molecule has 0 aliphatic carbocycles. The van der Waals surface area contributed by atoms with Crippen LogP contribution < -0.4 is 0 Å². The molecule has 0 aliphatic rings. The number of rotatable bonds is 8. The lowest BCUT2D eigenvalue weighted by Crippen LogP contribution is -2.25. The van der Waals surface area contributed by atoms with Crippen LogP contribution in [0.4, 0.5) is 0 Å². The van der Waals surface area contributed by atoms with Crippen molar-refractivity contribution < 1.29 is 23.9 Å². The molecular weight excluding hydrogens is 346 g/mol. The lowest BCUT2D eigenvalue weighted by molar-refractivity contribution is -0.146. The quantitative estimate of drug-likeness (QED) is 0.567. The second-order valence-corrected chi connectivity index (χ2v) is 6.47. The van der Waals surface area contributed by atoms with Gasteiger partial charge >= 0.3 is 5.97 Å². The van der Waals surface area contributed by atoms with Crippen LogP contribution in [0.25, 0.3) is 0 Å². The lowest BCUT2D eigenvalue weighted by atomic mass is 10.0. The molecule has 0 saturated heterocycles. The average Bonchev–Trinajstić information content (AvgIpc) is 2.94. The van der Waals surface area contributed by atoms with Gasteiger partial charge in [-0.3, -0.25) is 19.2 Å². The van der Waals surface area contributed by atoms with Crippen molar-refractivity contribution in [1.29, 1.82) is 0 Å². The number of benzene rings is 1. The molecule has 142 valence electrons. The van der Waals surface area contributed by atoms with Crippen LogP contribution in [0.5, 0.6) is 0 Å². The van der Waals surface area contributed by atoms with E-state index in [9.17, 15) is 19.2 Å². The number of carbonyl (C=O) groups is 4. The number of hydrogen-bond acceptors (Lipinski definition) is 5. The number of hydrogen-bond donors (Lipinski definition) is 1. The number of ketones is 3. The minimum Gasteiger partial charge on any atom is -0.454 e. The molecule has 0 aliphatic heterocycles. The zero-order valence-corrected chi connectivity index (χ0v) is 15.9. The molecule has 6 heteroatoms. The van der Waals surface area contributed by atoms with Crippen LogP contribution in [0.1, 0.15) is 69.2 Å². The van der Waals surface area contributed by atoms with E-state index in [4.69, 9.17) is 4.74 Å². The second-order valence-electron chi connectivity index (χ2n) is 6.47. The van der Waals surface area contributed by atoms with Gasteiger partial charge in [0, 0.05) is 23.2 Å². The molecular formula is C21H23NO5. The molecule has 2 rings (SSSR count). The largest absolute Gasteiger partial charge is 0.454 e. The Balaban J connectivity index is 1.96. The number of aromatic amines is 1. The van der Waals surface area contributed by atoms with E-state index in [-0.39, 0.29) is 30.1 Å². The van der Waals surface area contributed by atoms with Crippen molar-refractivity contribution >= 4 is 23.3 Å². The maximum atomic E-state index is 12.6. The predicted octanol–water partition coefficient (Wildman–Crippen LogP) is 3.61. The molecule has 1 aromatic carbocycles. The van der Waals surface area contributed by atoms with E-state index in [1.807, 2.05) is 0 Å². The van der Waals surface area contributed by atoms with Crippen LogP contribution >= 0.6 is 0 Å². The molecule has 0 radical (unpaired) electrons. The Hall–Kier alpha value is -3.02. The van der Waals surface area contributed by atoms with Crippen molar-refractivity contribution in [3.63, 3.8) is 0 Å². The molecule has 0 bridgehead atoms. The van der Waals surface area contributed by atoms with Crippen LogP contribution in [0.2, 0.25) is 0 Å². The molecule has 0 spiro atoms. The van der Waals surface area contributed by atoms with Crippen LogP contribution in [-0.4, -0.2) is 34.4 Å². The fourth-order valence-corrected chi connectivity index (χ4v) is 3.02. The van der Waals surface area contributed by atoms with Gasteiger partial charge in [-0.15, -0.1) is 0 Å². The van der Waals surface area contributed by atoms with Gasteiger partial charge in [0.25, 0.3) is 0 Å². The number of nitrogens with one attached hydrogen (secondary N) is 1. The number of aromatic nitrogens is 1.